The molecule has 0 aromatic carbocycles. The van der Waals surface area contributed by atoms with E-state index < -0.39 is 0 Å². The minimum absolute atomic E-state index is 0.215. The summed E-state index contributed by atoms with van der Waals surface area (Å²) in [6, 6.07) is 0. The maximum Gasteiger partial charge on any atom is 0.240 e. The Bertz CT molecular complexity index is 365. The van der Waals surface area contributed by atoms with Crippen molar-refractivity contribution in [1.29, 1.82) is 0 Å². The van der Waals surface area contributed by atoms with Gasteiger partial charge in [-0.1, -0.05) is 6.08 Å². The van der Waals surface area contributed by atoms with E-state index in [0.717, 1.165) is 38.9 Å². The minimum atomic E-state index is -0.265. The smallest absolute Gasteiger partial charge is 0.240 e. The highest BCUT2D eigenvalue weighted by Gasteiger charge is 2.28. The number of allylic oxidation sites excluding steroid dienone is 2. The molecule has 1 aliphatic carbocycles. The van der Waals surface area contributed by atoms with Crippen LogP contribution in [0, 0.1) is 5.92 Å². The monoisotopic (exact) mass is 280 g/mol. The van der Waals surface area contributed by atoms with Crippen LogP contribution in [0.1, 0.15) is 46.0 Å². The van der Waals surface area contributed by atoms with Gasteiger partial charge in [-0.15, -0.1) is 0 Å². The molecule has 4 nitrogen and oxygen atoms in total. The summed E-state index contributed by atoms with van der Waals surface area (Å²) in [7, 11) is 0. The number of carbonyl (C=O) groups is 1. The molecule has 0 aromatic heterocycles. The van der Waals surface area contributed by atoms with Gasteiger partial charge in [-0.2, -0.15) is 0 Å². The molecule has 2 atom stereocenters. The van der Waals surface area contributed by atoms with Crippen molar-refractivity contribution in [2.75, 3.05) is 26.2 Å². The Balaban J connectivity index is 1.88. The summed E-state index contributed by atoms with van der Waals surface area (Å²) in [5.74, 6) is 0.540. The molecule has 2 unspecified atom stereocenters. The fourth-order valence-corrected chi connectivity index (χ4v) is 3.28. The van der Waals surface area contributed by atoms with Gasteiger partial charge in [0.15, 0.2) is 0 Å². The van der Waals surface area contributed by atoms with Crippen LogP contribution in [-0.4, -0.2) is 53.1 Å². The minimum Gasteiger partial charge on any atom is -0.393 e. The van der Waals surface area contributed by atoms with Crippen LogP contribution in [0.5, 0.6) is 0 Å². The molecule has 1 saturated heterocycles. The number of nitrogens with zero attached hydrogens (tertiary/aromatic N) is 2. The van der Waals surface area contributed by atoms with E-state index >= 15 is 0 Å². The van der Waals surface area contributed by atoms with Gasteiger partial charge in [0, 0.05) is 18.8 Å². The van der Waals surface area contributed by atoms with Crippen LogP contribution in [0.25, 0.3) is 0 Å². The fourth-order valence-electron chi connectivity index (χ4n) is 3.28. The van der Waals surface area contributed by atoms with E-state index in [4.69, 9.17) is 0 Å². The standard InChI is InChI=1S/C16H28N2O2/c1-3-18(15-7-5-4-6-8-15)16(20)12-17-10-9-14(11-17)13(2)19/h7,13-14,19H,3-6,8-12H2,1-2H3. The van der Waals surface area contributed by atoms with Crippen molar-refractivity contribution in [3.8, 4) is 0 Å². The van der Waals surface area contributed by atoms with Gasteiger partial charge < -0.3 is 10.0 Å². The van der Waals surface area contributed by atoms with Crippen molar-refractivity contribution in [3.63, 3.8) is 0 Å². The third-order valence-electron chi connectivity index (χ3n) is 4.58. The third-order valence-corrected chi connectivity index (χ3v) is 4.58. The van der Waals surface area contributed by atoms with Crippen LogP contribution in [0.3, 0.4) is 0 Å². The number of aliphatic hydroxyl groups is 1. The maximum atomic E-state index is 12.5. The highest BCUT2D eigenvalue weighted by Crippen LogP contribution is 2.23. The third kappa shape index (κ3) is 3.83. The summed E-state index contributed by atoms with van der Waals surface area (Å²) < 4.78 is 0. The Kier molecular flexibility index (Phi) is 5.61. The number of hydrogen-bond acceptors (Lipinski definition) is 3. The normalized spacial score (nSPS) is 25.4. The van der Waals surface area contributed by atoms with Gasteiger partial charge in [0.25, 0.3) is 0 Å². The van der Waals surface area contributed by atoms with Crippen molar-refractivity contribution < 1.29 is 9.90 Å². The number of rotatable bonds is 5. The molecule has 2 rings (SSSR count). The molecule has 1 fully saturated rings. The Hall–Kier alpha value is -0.870. The van der Waals surface area contributed by atoms with E-state index in [1.54, 1.807) is 0 Å². The highest BCUT2D eigenvalue weighted by molar-refractivity contribution is 5.80. The summed E-state index contributed by atoms with van der Waals surface area (Å²) in [5, 5.41) is 9.63. The quantitative estimate of drug-likeness (QED) is 0.837. The van der Waals surface area contributed by atoms with Crippen LogP contribution < -0.4 is 0 Å². The molecule has 2 aliphatic rings. The van der Waals surface area contributed by atoms with Crippen molar-refractivity contribution >= 4 is 5.91 Å². The van der Waals surface area contributed by atoms with E-state index in [0.29, 0.717) is 12.5 Å². The van der Waals surface area contributed by atoms with Gasteiger partial charge in [-0.3, -0.25) is 9.69 Å². The number of carbonyl (C=O) groups excluding carboxylic acids is 1. The number of amides is 1. The molecule has 4 heteroatoms. The van der Waals surface area contributed by atoms with Crippen LogP contribution in [-0.2, 0) is 4.79 Å². The number of likely N-dealkylation sites (tertiary alicyclic amines) is 1. The highest BCUT2D eigenvalue weighted by atomic mass is 16.3. The first kappa shape index (κ1) is 15.5. The molecule has 1 aliphatic heterocycles. The fraction of sp³-hybridized carbons (Fsp3) is 0.812. The van der Waals surface area contributed by atoms with Crippen LogP contribution >= 0.6 is 0 Å². The van der Waals surface area contributed by atoms with Crippen molar-refractivity contribution in [3.05, 3.63) is 11.8 Å². The Morgan fingerprint density at radius 2 is 2.35 bits per heavy atom. The lowest BCUT2D eigenvalue weighted by Gasteiger charge is -2.28. The zero-order chi connectivity index (χ0) is 14.5. The molecule has 0 aromatic rings. The molecule has 1 amide bonds. The second kappa shape index (κ2) is 7.23. The molecule has 0 saturated carbocycles. The van der Waals surface area contributed by atoms with Gasteiger partial charge >= 0.3 is 0 Å². The van der Waals surface area contributed by atoms with Gasteiger partial charge in [-0.25, -0.2) is 0 Å². The molecule has 0 bridgehead atoms. The lowest BCUT2D eigenvalue weighted by Crippen LogP contribution is -2.39. The van der Waals surface area contributed by atoms with Gasteiger partial charge in [0.2, 0.25) is 5.91 Å². The zero-order valence-corrected chi connectivity index (χ0v) is 12.8. The predicted molar refractivity (Wildman–Crippen MR) is 80.2 cm³/mol. The van der Waals surface area contributed by atoms with Crippen LogP contribution in [0.4, 0.5) is 0 Å². The number of hydrogen-bond donors (Lipinski definition) is 1. The summed E-state index contributed by atoms with van der Waals surface area (Å²) in [6.07, 6.45) is 7.55. The molecule has 0 radical (unpaired) electrons. The largest absolute Gasteiger partial charge is 0.393 e. The second-order valence-corrected chi connectivity index (χ2v) is 6.10. The zero-order valence-electron chi connectivity index (χ0n) is 12.8. The lowest BCUT2D eigenvalue weighted by atomic mass is 10.0. The van der Waals surface area contributed by atoms with Crippen LogP contribution in [0.15, 0.2) is 11.8 Å². The first-order chi connectivity index (χ1) is 9.61. The van der Waals surface area contributed by atoms with E-state index in [1.807, 2.05) is 11.8 Å². The second-order valence-electron chi connectivity index (χ2n) is 6.10. The summed E-state index contributed by atoms with van der Waals surface area (Å²) in [5.41, 5.74) is 1.22. The summed E-state index contributed by atoms with van der Waals surface area (Å²) >= 11 is 0. The number of likely N-dealkylation sites (N-methyl/N-ethyl adjacent to an activating group) is 1. The SMILES string of the molecule is CCN(C(=O)CN1CCC(C(C)O)C1)C1=CCCCC1. The Labute approximate surface area is 122 Å². The molecular formula is C16H28N2O2. The summed E-state index contributed by atoms with van der Waals surface area (Å²) in [4.78, 5) is 16.6. The first-order valence-electron chi connectivity index (χ1n) is 8.01. The molecular weight excluding hydrogens is 252 g/mol. The molecule has 114 valence electrons. The Morgan fingerprint density at radius 3 is 2.90 bits per heavy atom. The molecule has 20 heavy (non-hydrogen) atoms. The Morgan fingerprint density at radius 1 is 1.55 bits per heavy atom. The van der Waals surface area contributed by atoms with E-state index in [-0.39, 0.29) is 12.0 Å². The van der Waals surface area contributed by atoms with E-state index in [9.17, 15) is 9.90 Å². The van der Waals surface area contributed by atoms with Gasteiger partial charge in [-0.05, 0) is 58.4 Å². The number of aliphatic hydroxyl groups excluding tert-OH is 1. The van der Waals surface area contributed by atoms with E-state index in [1.165, 1.54) is 18.5 Å². The van der Waals surface area contributed by atoms with Crippen molar-refractivity contribution in [2.24, 2.45) is 5.92 Å². The molecule has 1 N–H and O–H groups in total. The average Bonchev–Trinajstić information content (AvgIpc) is 2.89. The van der Waals surface area contributed by atoms with Crippen molar-refractivity contribution in [1.82, 2.24) is 9.80 Å². The van der Waals surface area contributed by atoms with Crippen LogP contribution in [0.2, 0.25) is 0 Å². The van der Waals surface area contributed by atoms with Crippen molar-refractivity contribution in [2.45, 2.75) is 52.1 Å². The van der Waals surface area contributed by atoms with E-state index in [2.05, 4.69) is 17.9 Å². The van der Waals surface area contributed by atoms with Gasteiger partial charge in [0.05, 0.1) is 12.6 Å². The predicted octanol–water partition coefficient (Wildman–Crippen LogP) is 2.00. The summed E-state index contributed by atoms with van der Waals surface area (Å²) in [6.45, 7) is 6.93. The van der Waals surface area contributed by atoms with Gasteiger partial charge in [0.1, 0.15) is 0 Å². The lowest BCUT2D eigenvalue weighted by molar-refractivity contribution is -0.130. The average molecular weight is 280 g/mol. The molecule has 1 heterocycles. The first-order valence-corrected chi connectivity index (χ1v) is 8.01. The molecule has 0 spiro atoms. The maximum absolute atomic E-state index is 12.5. The topological polar surface area (TPSA) is 43.8 Å².